The van der Waals surface area contributed by atoms with Crippen LogP contribution in [0.15, 0.2) is 70.7 Å². The Morgan fingerprint density at radius 1 is 1.06 bits per heavy atom. The lowest BCUT2D eigenvalue weighted by Crippen LogP contribution is -2.35. The number of anilines is 1. The van der Waals surface area contributed by atoms with Crippen LogP contribution in [0.1, 0.15) is 23.0 Å². The summed E-state index contributed by atoms with van der Waals surface area (Å²) in [5.74, 6) is -1.21. The van der Waals surface area contributed by atoms with E-state index >= 15 is 0 Å². The van der Waals surface area contributed by atoms with Gasteiger partial charge in [0.1, 0.15) is 22.9 Å². The van der Waals surface area contributed by atoms with Crippen molar-refractivity contribution in [3.05, 3.63) is 83.4 Å². The summed E-state index contributed by atoms with van der Waals surface area (Å²) < 4.78 is 23.8. The van der Waals surface area contributed by atoms with Crippen LogP contribution in [-0.4, -0.2) is 24.4 Å². The highest BCUT2D eigenvalue weighted by Crippen LogP contribution is 2.26. The summed E-state index contributed by atoms with van der Waals surface area (Å²) >= 11 is 0. The lowest BCUT2D eigenvalue weighted by molar-refractivity contribution is -0.117. The molecule has 0 radical (unpaired) electrons. The second-order valence-electron chi connectivity index (χ2n) is 6.62. The molecule has 2 amide bonds. The van der Waals surface area contributed by atoms with Gasteiger partial charge in [-0.3, -0.25) is 15.0 Å². The van der Waals surface area contributed by atoms with Crippen LogP contribution in [0.5, 0.6) is 0 Å². The maximum atomic E-state index is 13.1. The fraction of sp³-hybridized carbons (Fsp3) is 0.0870. The zero-order valence-corrected chi connectivity index (χ0v) is 16.4. The molecule has 3 aromatic rings. The highest BCUT2D eigenvalue weighted by molar-refractivity contribution is 6.31. The van der Waals surface area contributed by atoms with Crippen molar-refractivity contribution in [3.63, 3.8) is 0 Å². The highest BCUT2D eigenvalue weighted by Gasteiger charge is 2.34. The van der Waals surface area contributed by atoms with Crippen molar-refractivity contribution < 1.29 is 27.9 Å². The van der Waals surface area contributed by atoms with Gasteiger partial charge in [0, 0.05) is 5.56 Å². The number of rotatable bonds is 5. The first-order valence-electron chi connectivity index (χ1n) is 9.46. The van der Waals surface area contributed by atoms with Crippen molar-refractivity contribution in [1.82, 2.24) is 5.43 Å². The number of carbonyl (C=O) groups excluding carboxylic acids is 3. The Labute approximate surface area is 176 Å². The second-order valence-corrected chi connectivity index (χ2v) is 6.62. The molecule has 4 rings (SSSR count). The molecule has 1 aromatic heterocycles. The van der Waals surface area contributed by atoms with Gasteiger partial charge in [-0.25, -0.2) is 14.2 Å². The smallest absolute Gasteiger partial charge is 0.338 e. The van der Waals surface area contributed by atoms with Crippen molar-refractivity contribution in [2.45, 2.75) is 6.92 Å². The molecule has 2 aromatic carbocycles. The van der Waals surface area contributed by atoms with Crippen LogP contribution in [0.25, 0.3) is 17.4 Å². The number of hydrogen-bond acceptors (Lipinski definition) is 5. The second kappa shape index (κ2) is 8.27. The molecular formula is C23H17FN2O5. The van der Waals surface area contributed by atoms with Crippen LogP contribution in [0.3, 0.4) is 0 Å². The minimum atomic E-state index is -0.592. The van der Waals surface area contributed by atoms with Gasteiger partial charge >= 0.3 is 5.97 Å². The van der Waals surface area contributed by atoms with E-state index in [0.29, 0.717) is 34.9 Å². The predicted molar refractivity (Wildman–Crippen MR) is 110 cm³/mol. The van der Waals surface area contributed by atoms with Crippen molar-refractivity contribution in [1.29, 1.82) is 0 Å². The fourth-order valence-electron chi connectivity index (χ4n) is 3.04. The number of nitrogens with zero attached hydrogens (tertiary/aromatic N) is 1. The van der Waals surface area contributed by atoms with Gasteiger partial charge in [0.2, 0.25) is 0 Å². The molecule has 0 unspecified atom stereocenters. The molecule has 7 nitrogen and oxygen atoms in total. The first-order valence-corrected chi connectivity index (χ1v) is 9.46. The fourth-order valence-corrected chi connectivity index (χ4v) is 3.04. The minimum Gasteiger partial charge on any atom is -0.462 e. The molecule has 2 heterocycles. The number of furan rings is 1. The Kier molecular flexibility index (Phi) is 5.36. The molecular weight excluding hydrogens is 403 g/mol. The van der Waals surface area contributed by atoms with E-state index in [1.165, 1.54) is 30.3 Å². The molecule has 1 aliphatic heterocycles. The quantitative estimate of drug-likeness (QED) is 0.386. The number of amides is 2. The van der Waals surface area contributed by atoms with Crippen molar-refractivity contribution in [3.8, 4) is 11.3 Å². The summed E-state index contributed by atoms with van der Waals surface area (Å²) in [7, 11) is 0. The van der Waals surface area contributed by atoms with E-state index in [4.69, 9.17) is 9.15 Å². The number of nitrogens with one attached hydrogen (secondary N) is 1. The maximum absolute atomic E-state index is 13.1. The van der Waals surface area contributed by atoms with E-state index in [0.717, 1.165) is 5.01 Å². The summed E-state index contributed by atoms with van der Waals surface area (Å²) in [5, 5.41) is 1.05. The highest BCUT2D eigenvalue weighted by atomic mass is 19.1. The SMILES string of the molecule is CCOC(=O)c1ccc(-c2ccc(/C=C3/C(=O)NN(c4ccc(F)cc4)C3=O)o2)cc1. The van der Waals surface area contributed by atoms with Crippen LogP contribution < -0.4 is 10.4 Å². The molecule has 1 aliphatic rings. The summed E-state index contributed by atoms with van der Waals surface area (Å²) in [6.07, 6.45) is 1.34. The Morgan fingerprint density at radius 3 is 2.45 bits per heavy atom. The Balaban J connectivity index is 1.54. The molecule has 1 saturated heterocycles. The van der Waals surface area contributed by atoms with Crippen LogP contribution in [0, 0.1) is 5.82 Å². The number of ether oxygens (including phenoxy) is 1. The van der Waals surface area contributed by atoms with E-state index in [9.17, 15) is 18.8 Å². The first kappa shape index (κ1) is 20.1. The Morgan fingerprint density at radius 2 is 1.77 bits per heavy atom. The number of halogens is 1. The van der Waals surface area contributed by atoms with Gasteiger partial charge in [-0.2, -0.15) is 0 Å². The van der Waals surface area contributed by atoms with Crippen LogP contribution >= 0.6 is 0 Å². The normalized spacial score (nSPS) is 14.8. The van der Waals surface area contributed by atoms with Gasteiger partial charge in [-0.05, 0) is 61.5 Å². The van der Waals surface area contributed by atoms with Crippen LogP contribution in [-0.2, 0) is 14.3 Å². The summed E-state index contributed by atoms with van der Waals surface area (Å²) in [6.45, 7) is 2.03. The number of benzene rings is 2. The van der Waals surface area contributed by atoms with Gasteiger partial charge in [0.05, 0.1) is 17.9 Å². The summed E-state index contributed by atoms with van der Waals surface area (Å²) in [4.78, 5) is 36.7. The summed E-state index contributed by atoms with van der Waals surface area (Å²) in [6, 6.07) is 15.2. The number of hydrogen-bond donors (Lipinski definition) is 1. The molecule has 31 heavy (non-hydrogen) atoms. The largest absolute Gasteiger partial charge is 0.462 e. The van der Waals surface area contributed by atoms with E-state index in [-0.39, 0.29) is 5.57 Å². The van der Waals surface area contributed by atoms with E-state index in [1.54, 1.807) is 43.3 Å². The van der Waals surface area contributed by atoms with Crippen molar-refractivity contribution in [2.75, 3.05) is 11.6 Å². The molecule has 156 valence electrons. The molecule has 1 N–H and O–H groups in total. The molecule has 8 heteroatoms. The number of esters is 1. The zero-order valence-electron chi connectivity index (χ0n) is 16.4. The number of hydrazine groups is 1. The van der Waals surface area contributed by atoms with Crippen molar-refractivity contribution in [2.24, 2.45) is 0 Å². The van der Waals surface area contributed by atoms with Gasteiger partial charge < -0.3 is 9.15 Å². The average molecular weight is 420 g/mol. The predicted octanol–water partition coefficient (Wildman–Crippen LogP) is 3.72. The van der Waals surface area contributed by atoms with Crippen LogP contribution in [0.4, 0.5) is 10.1 Å². The van der Waals surface area contributed by atoms with E-state index < -0.39 is 23.6 Å². The Bertz CT molecular complexity index is 1180. The van der Waals surface area contributed by atoms with Gasteiger partial charge in [-0.1, -0.05) is 12.1 Å². The van der Waals surface area contributed by atoms with Gasteiger partial charge in [0.25, 0.3) is 11.8 Å². The van der Waals surface area contributed by atoms with E-state index in [2.05, 4.69) is 5.43 Å². The molecule has 0 bridgehead atoms. The molecule has 1 fully saturated rings. The third kappa shape index (κ3) is 4.09. The first-order chi connectivity index (χ1) is 15.0. The third-order valence-electron chi connectivity index (χ3n) is 4.57. The lowest BCUT2D eigenvalue weighted by atomic mass is 10.1. The molecule has 0 spiro atoms. The van der Waals surface area contributed by atoms with Gasteiger partial charge in [0.15, 0.2) is 0 Å². The minimum absolute atomic E-state index is 0.108. The zero-order chi connectivity index (χ0) is 22.0. The van der Waals surface area contributed by atoms with E-state index in [1.807, 2.05) is 0 Å². The van der Waals surface area contributed by atoms with Crippen molar-refractivity contribution >= 4 is 29.5 Å². The summed E-state index contributed by atoms with van der Waals surface area (Å²) in [5.41, 5.74) is 3.81. The third-order valence-corrected chi connectivity index (χ3v) is 4.57. The number of carbonyl (C=O) groups is 3. The average Bonchev–Trinajstić information content (AvgIpc) is 3.35. The Hall–Kier alpha value is -4.20. The monoisotopic (exact) mass is 420 g/mol. The molecule has 0 atom stereocenters. The van der Waals surface area contributed by atoms with Crippen LogP contribution in [0.2, 0.25) is 0 Å². The maximum Gasteiger partial charge on any atom is 0.338 e. The lowest BCUT2D eigenvalue weighted by Gasteiger charge is -2.14. The molecule has 0 aliphatic carbocycles. The standard InChI is InChI=1S/C23H17FN2O5/c1-2-30-23(29)15-5-3-14(4-6-15)20-12-11-18(31-20)13-19-21(27)25-26(22(19)28)17-9-7-16(24)8-10-17/h3-13H,2H2,1H3,(H,25,27)/b19-13-. The topological polar surface area (TPSA) is 88.9 Å². The molecule has 0 saturated carbocycles. The van der Waals surface area contributed by atoms with Gasteiger partial charge in [-0.15, -0.1) is 0 Å².